The Labute approximate surface area is 105 Å². The highest BCUT2D eigenvalue weighted by atomic mass is 19.2. The number of nitrogens with zero attached hydrogens (tertiary/aromatic N) is 1. The van der Waals surface area contributed by atoms with Crippen LogP contribution in [-0.2, 0) is 9.59 Å². The van der Waals surface area contributed by atoms with Crippen LogP contribution in [0.2, 0.25) is 0 Å². The summed E-state index contributed by atoms with van der Waals surface area (Å²) in [4.78, 5) is 23.3. The first-order chi connectivity index (χ1) is 8.84. The van der Waals surface area contributed by atoms with Gasteiger partial charge in [-0.3, -0.25) is 9.69 Å². The number of benzene rings is 1. The quantitative estimate of drug-likeness (QED) is 0.839. The zero-order valence-electron chi connectivity index (χ0n) is 9.71. The highest BCUT2D eigenvalue weighted by Crippen LogP contribution is 2.33. The second-order valence-electron chi connectivity index (χ2n) is 3.97. The summed E-state index contributed by atoms with van der Waals surface area (Å²) in [6.07, 6.45) is -0.417. The molecule has 0 saturated heterocycles. The lowest BCUT2D eigenvalue weighted by atomic mass is 10.2. The van der Waals surface area contributed by atoms with Crippen LogP contribution in [0, 0.1) is 17.5 Å². The lowest BCUT2D eigenvalue weighted by molar-refractivity contribution is -0.133. The Morgan fingerprint density at radius 2 is 1.89 bits per heavy atom. The van der Waals surface area contributed by atoms with Gasteiger partial charge >= 0.3 is 5.97 Å². The van der Waals surface area contributed by atoms with Gasteiger partial charge in [0.1, 0.15) is 0 Å². The van der Waals surface area contributed by atoms with Crippen LogP contribution < -0.4 is 4.90 Å². The number of carbonyl (C=O) groups is 2. The molecule has 1 aliphatic rings. The molecule has 0 radical (unpaired) electrons. The normalized spacial score (nSPS) is 15.4. The zero-order chi connectivity index (χ0) is 14.3. The Morgan fingerprint density at radius 3 is 2.42 bits per heavy atom. The molecule has 2 rings (SSSR count). The van der Waals surface area contributed by atoms with Crippen molar-refractivity contribution in [2.45, 2.75) is 13.3 Å². The van der Waals surface area contributed by atoms with E-state index in [0.29, 0.717) is 6.07 Å². The standard InChI is InChI=1S/C12H8F3NO3/c1-5-6(12(18)19)4-9(17)16(5)8-3-2-7(13)10(14)11(8)15/h2-3H,4H2,1H3,(H,18,19). The minimum absolute atomic E-state index is 0.0117. The fourth-order valence-electron chi connectivity index (χ4n) is 1.91. The third-order valence-corrected chi connectivity index (χ3v) is 2.86. The van der Waals surface area contributed by atoms with Gasteiger partial charge < -0.3 is 5.11 Å². The summed E-state index contributed by atoms with van der Waals surface area (Å²) in [6, 6.07) is 1.56. The van der Waals surface area contributed by atoms with Gasteiger partial charge in [0.2, 0.25) is 5.91 Å². The molecule has 1 aromatic rings. The minimum Gasteiger partial charge on any atom is -0.478 e. The van der Waals surface area contributed by atoms with Crippen molar-refractivity contribution >= 4 is 17.6 Å². The van der Waals surface area contributed by atoms with Gasteiger partial charge in [-0.2, -0.15) is 0 Å². The fraction of sp³-hybridized carbons (Fsp3) is 0.167. The largest absolute Gasteiger partial charge is 0.478 e. The highest BCUT2D eigenvalue weighted by molar-refractivity contribution is 6.08. The van der Waals surface area contributed by atoms with E-state index in [1.807, 2.05) is 0 Å². The Bertz CT molecular complexity index is 625. The third kappa shape index (κ3) is 1.96. The van der Waals surface area contributed by atoms with Crippen LogP contribution in [0.3, 0.4) is 0 Å². The number of amides is 1. The Kier molecular flexibility index (Phi) is 3.05. The number of anilines is 1. The summed E-state index contributed by atoms with van der Waals surface area (Å²) in [5.41, 5.74) is -0.714. The molecule has 100 valence electrons. The van der Waals surface area contributed by atoms with Gasteiger partial charge in [-0.1, -0.05) is 0 Å². The van der Waals surface area contributed by atoms with Crippen molar-refractivity contribution < 1.29 is 27.9 Å². The zero-order valence-corrected chi connectivity index (χ0v) is 9.71. The molecule has 1 N–H and O–H groups in total. The molecule has 0 atom stereocenters. The average Bonchev–Trinajstić information content (AvgIpc) is 2.63. The van der Waals surface area contributed by atoms with E-state index in [4.69, 9.17) is 5.11 Å². The van der Waals surface area contributed by atoms with Crippen molar-refractivity contribution in [2.75, 3.05) is 4.90 Å². The van der Waals surface area contributed by atoms with Gasteiger partial charge in [0.05, 0.1) is 17.7 Å². The number of carboxylic acid groups (broad SMARTS) is 1. The van der Waals surface area contributed by atoms with Crippen LogP contribution in [0.1, 0.15) is 13.3 Å². The topological polar surface area (TPSA) is 57.6 Å². The van der Waals surface area contributed by atoms with Gasteiger partial charge in [-0.15, -0.1) is 0 Å². The summed E-state index contributed by atoms with van der Waals surface area (Å²) >= 11 is 0. The number of aliphatic carboxylic acids is 1. The van der Waals surface area contributed by atoms with Crippen LogP contribution in [0.15, 0.2) is 23.4 Å². The van der Waals surface area contributed by atoms with Crippen molar-refractivity contribution in [1.29, 1.82) is 0 Å². The molecule has 0 bridgehead atoms. The van der Waals surface area contributed by atoms with Gasteiger partial charge in [-0.25, -0.2) is 18.0 Å². The maximum absolute atomic E-state index is 13.6. The van der Waals surface area contributed by atoms with Crippen molar-refractivity contribution in [3.05, 3.63) is 40.9 Å². The van der Waals surface area contributed by atoms with E-state index in [1.54, 1.807) is 0 Å². The highest BCUT2D eigenvalue weighted by Gasteiger charge is 2.34. The van der Waals surface area contributed by atoms with E-state index in [2.05, 4.69) is 0 Å². The van der Waals surface area contributed by atoms with Gasteiger partial charge in [0.15, 0.2) is 17.5 Å². The molecule has 1 aromatic carbocycles. The second kappa shape index (κ2) is 4.42. The molecular weight excluding hydrogens is 263 g/mol. The van der Waals surface area contributed by atoms with E-state index in [1.165, 1.54) is 6.92 Å². The number of carboxylic acids is 1. The number of rotatable bonds is 2. The number of halogens is 3. The van der Waals surface area contributed by atoms with Crippen molar-refractivity contribution in [3.63, 3.8) is 0 Å². The molecule has 4 nitrogen and oxygen atoms in total. The third-order valence-electron chi connectivity index (χ3n) is 2.86. The molecule has 0 unspecified atom stereocenters. The van der Waals surface area contributed by atoms with E-state index >= 15 is 0 Å². The Balaban J connectivity index is 2.57. The van der Waals surface area contributed by atoms with E-state index in [9.17, 15) is 22.8 Å². The molecule has 1 amide bonds. The molecule has 19 heavy (non-hydrogen) atoms. The number of hydrogen-bond donors (Lipinski definition) is 1. The van der Waals surface area contributed by atoms with Crippen LogP contribution in [0.25, 0.3) is 0 Å². The maximum atomic E-state index is 13.6. The van der Waals surface area contributed by atoms with Gasteiger partial charge in [0.25, 0.3) is 0 Å². The minimum atomic E-state index is -1.71. The summed E-state index contributed by atoms with van der Waals surface area (Å²) in [7, 11) is 0. The first-order valence-corrected chi connectivity index (χ1v) is 5.24. The number of carbonyl (C=O) groups excluding carboxylic acids is 1. The predicted molar refractivity (Wildman–Crippen MR) is 58.8 cm³/mol. The van der Waals surface area contributed by atoms with Gasteiger partial charge in [0, 0.05) is 5.70 Å². The smallest absolute Gasteiger partial charge is 0.333 e. The fourth-order valence-corrected chi connectivity index (χ4v) is 1.91. The van der Waals surface area contributed by atoms with E-state index < -0.39 is 41.4 Å². The monoisotopic (exact) mass is 271 g/mol. The molecular formula is C12H8F3NO3. The Morgan fingerprint density at radius 1 is 1.26 bits per heavy atom. The molecule has 1 heterocycles. The molecule has 0 aliphatic carbocycles. The van der Waals surface area contributed by atoms with E-state index in [0.717, 1.165) is 11.0 Å². The number of hydrogen-bond acceptors (Lipinski definition) is 2. The van der Waals surface area contributed by atoms with Gasteiger partial charge in [-0.05, 0) is 19.1 Å². The lowest BCUT2D eigenvalue weighted by Crippen LogP contribution is -2.25. The number of allylic oxidation sites excluding steroid dienone is 1. The molecule has 0 aromatic heterocycles. The van der Waals surface area contributed by atoms with Crippen LogP contribution in [0.4, 0.5) is 18.9 Å². The summed E-state index contributed by atoms with van der Waals surface area (Å²) in [6.45, 7) is 1.30. The molecule has 0 saturated carbocycles. The van der Waals surface area contributed by atoms with Crippen LogP contribution >= 0.6 is 0 Å². The summed E-state index contributed by atoms with van der Waals surface area (Å²) in [5, 5.41) is 8.87. The maximum Gasteiger partial charge on any atom is 0.333 e. The Hall–Kier alpha value is -2.31. The SMILES string of the molecule is CC1=C(C(=O)O)CC(=O)N1c1ccc(F)c(F)c1F. The predicted octanol–water partition coefficient (Wildman–Crippen LogP) is 2.20. The molecule has 0 spiro atoms. The molecule has 0 fully saturated rings. The average molecular weight is 271 g/mol. The van der Waals surface area contributed by atoms with E-state index in [-0.39, 0.29) is 11.3 Å². The van der Waals surface area contributed by atoms with Crippen LogP contribution in [0.5, 0.6) is 0 Å². The van der Waals surface area contributed by atoms with Crippen molar-refractivity contribution in [1.82, 2.24) is 0 Å². The van der Waals surface area contributed by atoms with Crippen molar-refractivity contribution in [2.24, 2.45) is 0 Å². The van der Waals surface area contributed by atoms with Crippen LogP contribution in [-0.4, -0.2) is 17.0 Å². The summed E-state index contributed by atoms with van der Waals surface area (Å²) < 4.78 is 39.6. The van der Waals surface area contributed by atoms with Crippen molar-refractivity contribution in [3.8, 4) is 0 Å². The first kappa shape index (κ1) is 13.1. The summed E-state index contributed by atoms with van der Waals surface area (Å²) in [5.74, 6) is -6.63. The lowest BCUT2D eigenvalue weighted by Gasteiger charge is -2.19. The second-order valence-corrected chi connectivity index (χ2v) is 3.97. The molecule has 7 heteroatoms. The molecule has 1 aliphatic heterocycles. The first-order valence-electron chi connectivity index (χ1n) is 5.24.